The number of hydrogen-bond acceptors (Lipinski definition) is 4. The smallest absolute Gasteiger partial charge is 0.408 e. The molecular formula is C16H23N3O2. The van der Waals surface area contributed by atoms with E-state index in [1.807, 2.05) is 24.3 Å². The molecule has 2 N–H and O–H groups in total. The van der Waals surface area contributed by atoms with Gasteiger partial charge in [-0.25, -0.2) is 4.79 Å². The molecule has 0 aliphatic carbocycles. The van der Waals surface area contributed by atoms with E-state index in [-0.39, 0.29) is 5.76 Å². The Morgan fingerprint density at radius 2 is 2.10 bits per heavy atom. The minimum absolute atomic E-state index is 0.261. The fourth-order valence-corrected chi connectivity index (χ4v) is 3.33. The molecule has 5 heteroatoms. The Hall–Kier alpha value is -1.59. The number of nitrogens with zero attached hydrogens (tertiary/aromatic N) is 2. The molecule has 114 valence electrons. The number of benzene rings is 1. The average Bonchev–Trinajstić information content (AvgIpc) is 2.82. The Morgan fingerprint density at radius 1 is 1.24 bits per heavy atom. The Balaban J connectivity index is 1.73. The van der Waals surface area contributed by atoms with Crippen molar-refractivity contribution in [1.82, 2.24) is 9.47 Å². The van der Waals surface area contributed by atoms with Gasteiger partial charge in [-0.05, 0) is 44.5 Å². The van der Waals surface area contributed by atoms with Crippen molar-refractivity contribution < 1.29 is 4.42 Å². The molecule has 2 heterocycles. The SMILES string of the molecule is NCCC1CCCCN1CCn1c(=O)oc2ccccc21. The third-order valence-corrected chi connectivity index (χ3v) is 4.43. The van der Waals surface area contributed by atoms with Crippen LogP contribution in [-0.4, -0.2) is 35.1 Å². The van der Waals surface area contributed by atoms with Crippen molar-refractivity contribution in [2.24, 2.45) is 5.73 Å². The Bertz CT molecular complexity index is 644. The van der Waals surface area contributed by atoms with Gasteiger partial charge >= 0.3 is 5.76 Å². The molecule has 2 aromatic rings. The predicted molar refractivity (Wildman–Crippen MR) is 83.4 cm³/mol. The maximum absolute atomic E-state index is 12.0. The molecule has 0 radical (unpaired) electrons. The number of oxazole rings is 1. The molecule has 1 aliphatic heterocycles. The van der Waals surface area contributed by atoms with E-state index >= 15 is 0 Å². The van der Waals surface area contributed by atoms with Crippen LogP contribution < -0.4 is 11.5 Å². The minimum Gasteiger partial charge on any atom is -0.408 e. The lowest BCUT2D eigenvalue weighted by Crippen LogP contribution is -2.42. The fraction of sp³-hybridized carbons (Fsp3) is 0.562. The van der Waals surface area contributed by atoms with Crippen molar-refractivity contribution in [3.05, 3.63) is 34.8 Å². The lowest BCUT2D eigenvalue weighted by atomic mass is 9.99. The van der Waals surface area contributed by atoms with Gasteiger partial charge in [0.2, 0.25) is 0 Å². The van der Waals surface area contributed by atoms with Crippen molar-refractivity contribution in [2.45, 2.75) is 38.3 Å². The largest absolute Gasteiger partial charge is 0.419 e. The summed E-state index contributed by atoms with van der Waals surface area (Å²) in [6.45, 7) is 3.40. The number of fused-ring (bicyclic) bond motifs is 1. The van der Waals surface area contributed by atoms with Crippen LogP contribution in [0.1, 0.15) is 25.7 Å². The van der Waals surface area contributed by atoms with E-state index in [0.717, 1.165) is 31.6 Å². The zero-order valence-corrected chi connectivity index (χ0v) is 12.3. The predicted octanol–water partition coefficient (Wildman–Crippen LogP) is 1.80. The first-order valence-electron chi connectivity index (χ1n) is 7.82. The van der Waals surface area contributed by atoms with Crippen LogP contribution in [0.5, 0.6) is 0 Å². The molecule has 21 heavy (non-hydrogen) atoms. The second kappa shape index (κ2) is 6.45. The maximum Gasteiger partial charge on any atom is 0.419 e. The lowest BCUT2D eigenvalue weighted by Gasteiger charge is -2.35. The third-order valence-electron chi connectivity index (χ3n) is 4.43. The highest BCUT2D eigenvalue weighted by atomic mass is 16.4. The van der Waals surface area contributed by atoms with E-state index in [4.69, 9.17) is 10.2 Å². The van der Waals surface area contributed by atoms with Gasteiger partial charge in [-0.1, -0.05) is 18.6 Å². The van der Waals surface area contributed by atoms with E-state index in [1.54, 1.807) is 4.57 Å². The standard InChI is InChI=1S/C16H23N3O2/c17-9-8-13-5-3-4-10-18(13)11-12-19-14-6-1-2-7-15(14)21-16(19)20/h1-2,6-7,13H,3-5,8-12,17H2. The van der Waals surface area contributed by atoms with E-state index in [1.165, 1.54) is 19.3 Å². The fourth-order valence-electron chi connectivity index (χ4n) is 3.33. The van der Waals surface area contributed by atoms with Gasteiger partial charge in [-0.2, -0.15) is 0 Å². The summed E-state index contributed by atoms with van der Waals surface area (Å²) in [6.07, 6.45) is 4.79. The zero-order chi connectivity index (χ0) is 14.7. The molecule has 0 spiro atoms. The molecule has 1 saturated heterocycles. The Labute approximate surface area is 124 Å². The number of rotatable bonds is 5. The van der Waals surface area contributed by atoms with Crippen molar-refractivity contribution in [3.63, 3.8) is 0 Å². The number of para-hydroxylation sites is 2. The molecule has 0 saturated carbocycles. The summed E-state index contributed by atoms with van der Waals surface area (Å²) in [6, 6.07) is 8.17. The summed E-state index contributed by atoms with van der Waals surface area (Å²) in [5.41, 5.74) is 7.26. The van der Waals surface area contributed by atoms with Crippen LogP contribution in [0, 0.1) is 0 Å². The zero-order valence-electron chi connectivity index (χ0n) is 12.3. The Kier molecular flexibility index (Phi) is 4.41. The van der Waals surface area contributed by atoms with E-state index in [2.05, 4.69) is 4.90 Å². The topological polar surface area (TPSA) is 64.4 Å². The monoisotopic (exact) mass is 289 g/mol. The minimum atomic E-state index is -0.261. The van der Waals surface area contributed by atoms with Crippen LogP contribution in [0.15, 0.2) is 33.5 Å². The van der Waals surface area contributed by atoms with Gasteiger partial charge in [0.25, 0.3) is 0 Å². The first-order valence-corrected chi connectivity index (χ1v) is 7.82. The first-order chi connectivity index (χ1) is 10.3. The molecule has 1 aliphatic rings. The normalized spacial score (nSPS) is 20.1. The van der Waals surface area contributed by atoms with Crippen LogP contribution in [0.25, 0.3) is 11.1 Å². The van der Waals surface area contributed by atoms with Gasteiger partial charge in [-0.3, -0.25) is 9.47 Å². The maximum atomic E-state index is 12.0. The highest BCUT2D eigenvalue weighted by molar-refractivity contribution is 5.72. The first kappa shape index (κ1) is 14.4. The highest BCUT2D eigenvalue weighted by Gasteiger charge is 2.21. The molecule has 0 bridgehead atoms. The van der Waals surface area contributed by atoms with Gasteiger partial charge in [0.05, 0.1) is 5.52 Å². The van der Waals surface area contributed by atoms with E-state index in [9.17, 15) is 4.79 Å². The van der Waals surface area contributed by atoms with Gasteiger partial charge in [0, 0.05) is 19.1 Å². The number of aromatic nitrogens is 1. The Morgan fingerprint density at radius 3 is 2.95 bits per heavy atom. The molecule has 0 amide bonds. The third kappa shape index (κ3) is 3.04. The van der Waals surface area contributed by atoms with Gasteiger partial charge in [0.1, 0.15) is 0 Å². The number of nitrogens with two attached hydrogens (primary N) is 1. The second-order valence-corrected chi connectivity index (χ2v) is 5.75. The average molecular weight is 289 g/mol. The molecule has 1 aromatic heterocycles. The van der Waals surface area contributed by atoms with Crippen LogP contribution in [0.2, 0.25) is 0 Å². The van der Waals surface area contributed by atoms with Crippen molar-refractivity contribution in [3.8, 4) is 0 Å². The molecule has 1 fully saturated rings. The summed E-state index contributed by atoms with van der Waals surface area (Å²) >= 11 is 0. The van der Waals surface area contributed by atoms with Crippen molar-refractivity contribution in [1.29, 1.82) is 0 Å². The van der Waals surface area contributed by atoms with Crippen LogP contribution >= 0.6 is 0 Å². The van der Waals surface area contributed by atoms with Gasteiger partial charge in [0.15, 0.2) is 5.58 Å². The van der Waals surface area contributed by atoms with Crippen LogP contribution in [-0.2, 0) is 6.54 Å². The molecule has 5 nitrogen and oxygen atoms in total. The number of piperidine rings is 1. The molecule has 3 rings (SSSR count). The van der Waals surface area contributed by atoms with E-state index < -0.39 is 0 Å². The summed E-state index contributed by atoms with van der Waals surface area (Å²) in [5, 5.41) is 0. The quantitative estimate of drug-likeness (QED) is 0.911. The molecule has 1 unspecified atom stereocenters. The lowest BCUT2D eigenvalue weighted by molar-refractivity contribution is 0.136. The number of likely N-dealkylation sites (tertiary alicyclic amines) is 1. The van der Waals surface area contributed by atoms with Crippen LogP contribution in [0.3, 0.4) is 0 Å². The van der Waals surface area contributed by atoms with Gasteiger partial charge in [-0.15, -0.1) is 0 Å². The van der Waals surface area contributed by atoms with Gasteiger partial charge < -0.3 is 10.2 Å². The summed E-state index contributed by atoms with van der Waals surface area (Å²) in [7, 11) is 0. The van der Waals surface area contributed by atoms with Crippen molar-refractivity contribution in [2.75, 3.05) is 19.6 Å². The highest BCUT2D eigenvalue weighted by Crippen LogP contribution is 2.19. The number of hydrogen-bond donors (Lipinski definition) is 1. The second-order valence-electron chi connectivity index (χ2n) is 5.75. The van der Waals surface area contributed by atoms with Crippen LogP contribution in [0.4, 0.5) is 0 Å². The van der Waals surface area contributed by atoms with Crippen molar-refractivity contribution >= 4 is 11.1 Å². The molecular weight excluding hydrogens is 266 g/mol. The molecule has 1 aromatic carbocycles. The summed E-state index contributed by atoms with van der Waals surface area (Å²) in [5.74, 6) is -0.261. The summed E-state index contributed by atoms with van der Waals surface area (Å²) < 4.78 is 7.02. The molecule has 1 atom stereocenters. The van der Waals surface area contributed by atoms with E-state index in [0.29, 0.717) is 18.2 Å². The summed E-state index contributed by atoms with van der Waals surface area (Å²) in [4.78, 5) is 14.5.